The van der Waals surface area contributed by atoms with Gasteiger partial charge in [-0.05, 0) is 84.6 Å². The smallest absolute Gasteiger partial charge is 0.276 e. The molecule has 1 aromatic carbocycles. The summed E-state index contributed by atoms with van der Waals surface area (Å²) in [5, 5.41) is 12.0. The van der Waals surface area contributed by atoms with Gasteiger partial charge in [0.2, 0.25) is 11.8 Å². The monoisotopic (exact) mass is 563 g/mol. The van der Waals surface area contributed by atoms with Crippen LogP contribution in [-0.4, -0.2) is 58.9 Å². The quantitative estimate of drug-likeness (QED) is 0.135. The van der Waals surface area contributed by atoms with Gasteiger partial charge in [0.15, 0.2) is 0 Å². The predicted molar refractivity (Wildman–Crippen MR) is 157 cm³/mol. The Morgan fingerprint density at radius 3 is 2.46 bits per heavy atom. The summed E-state index contributed by atoms with van der Waals surface area (Å²) in [7, 11) is 0. The van der Waals surface area contributed by atoms with E-state index in [4.69, 9.17) is 18.6 Å². The third-order valence-corrected chi connectivity index (χ3v) is 7.33. The third-order valence-electron chi connectivity index (χ3n) is 6.43. The molecule has 1 atom stereocenters. The van der Waals surface area contributed by atoms with E-state index in [1.165, 1.54) is 0 Å². The van der Waals surface area contributed by atoms with Crippen LogP contribution >= 0.6 is 11.8 Å². The minimum Gasteiger partial charge on any atom is -0.493 e. The van der Waals surface area contributed by atoms with Gasteiger partial charge in [-0.15, -0.1) is 10.2 Å². The highest BCUT2D eigenvalue weighted by Crippen LogP contribution is 2.26. The summed E-state index contributed by atoms with van der Waals surface area (Å²) in [5.74, 6) is 2.33. The molecule has 0 aliphatic carbocycles. The maximum absolute atomic E-state index is 12.3. The lowest BCUT2D eigenvalue weighted by Crippen LogP contribution is -2.44. The van der Waals surface area contributed by atoms with Crippen molar-refractivity contribution >= 4 is 17.7 Å². The van der Waals surface area contributed by atoms with Gasteiger partial charge in [-0.3, -0.25) is 4.79 Å². The Morgan fingerprint density at radius 1 is 1.03 bits per heavy atom. The third kappa shape index (κ3) is 13.7. The number of aromatic nitrogens is 2. The molecule has 1 aromatic heterocycles. The van der Waals surface area contributed by atoms with E-state index in [2.05, 4.69) is 50.1 Å². The molecule has 0 saturated heterocycles. The zero-order valence-corrected chi connectivity index (χ0v) is 25.8. The van der Waals surface area contributed by atoms with Crippen LogP contribution in [0.1, 0.15) is 93.4 Å². The van der Waals surface area contributed by atoms with E-state index in [-0.39, 0.29) is 23.2 Å². The summed E-state index contributed by atoms with van der Waals surface area (Å²) in [5.41, 5.74) is 0.189. The number of benzene rings is 1. The van der Waals surface area contributed by atoms with Gasteiger partial charge in [0.1, 0.15) is 5.75 Å². The lowest BCUT2D eigenvalue weighted by Gasteiger charge is -2.30. The minimum absolute atomic E-state index is 0.0526. The van der Waals surface area contributed by atoms with Crippen molar-refractivity contribution in [2.75, 3.05) is 25.6 Å². The molecule has 0 saturated carbocycles. The fraction of sp³-hybridized carbons (Fsp3) is 0.700. The van der Waals surface area contributed by atoms with Gasteiger partial charge in [-0.2, -0.15) is 0 Å². The van der Waals surface area contributed by atoms with E-state index in [1.807, 2.05) is 38.1 Å². The number of nitrogens with one attached hydrogen (secondary N) is 1. The maximum atomic E-state index is 12.3. The van der Waals surface area contributed by atoms with E-state index in [0.29, 0.717) is 37.4 Å². The molecular weight excluding hydrogens is 514 g/mol. The van der Waals surface area contributed by atoms with Crippen LogP contribution in [0.3, 0.4) is 0 Å². The number of ether oxygens (including phenoxy) is 3. The minimum atomic E-state index is -0.344. The van der Waals surface area contributed by atoms with Crippen molar-refractivity contribution in [2.24, 2.45) is 0 Å². The maximum Gasteiger partial charge on any atom is 0.276 e. The molecule has 0 aliphatic heterocycles. The first-order valence-corrected chi connectivity index (χ1v) is 15.3. The normalized spacial score (nSPS) is 12.9. The lowest BCUT2D eigenvalue weighted by molar-refractivity contribution is -0.123. The van der Waals surface area contributed by atoms with Gasteiger partial charge in [0.05, 0.1) is 18.3 Å². The number of carbonyl (C=O) groups excluding carboxylic acids is 1. The first-order chi connectivity index (χ1) is 18.5. The number of hydrogen-bond donors (Lipinski definition) is 1. The van der Waals surface area contributed by atoms with Crippen LogP contribution in [0.25, 0.3) is 11.5 Å². The van der Waals surface area contributed by atoms with Crippen molar-refractivity contribution in [2.45, 2.75) is 116 Å². The van der Waals surface area contributed by atoms with Gasteiger partial charge < -0.3 is 23.9 Å². The van der Waals surface area contributed by atoms with Crippen LogP contribution in [0.5, 0.6) is 5.75 Å². The Hall–Kier alpha value is -2.10. The van der Waals surface area contributed by atoms with Crippen molar-refractivity contribution < 1.29 is 23.4 Å². The summed E-state index contributed by atoms with van der Waals surface area (Å²) < 4.78 is 23.5. The molecule has 1 N–H and O–H groups in total. The second-order valence-electron chi connectivity index (χ2n) is 11.2. The second-order valence-corrected chi connectivity index (χ2v) is 12.2. The highest BCUT2D eigenvalue weighted by molar-refractivity contribution is 7.99. The predicted octanol–water partition coefficient (Wildman–Crippen LogP) is 7.07. The number of thioether (sulfide) groups is 1. The van der Waals surface area contributed by atoms with Crippen molar-refractivity contribution in [1.82, 2.24) is 15.5 Å². The second kappa shape index (κ2) is 16.9. The zero-order chi connectivity index (χ0) is 28.7. The average Bonchev–Trinajstić information content (AvgIpc) is 3.35. The Bertz CT molecular complexity index is 962. The fourth-order valence-electron chi connectivity index (χ4n) is 3.59. The molecule has 0 aliphatic rings. The SMILES string of the molecule is CCCCSc1nnc(-c2ccc(OCCC(C)(C)OCCC(C)(C)NC(=O)CCCOC(C)CC)cc2)o1. The van der Waals surface area contributed by atoms with Crippen molar-refractivity contribution in [3.05, 3.63) is 24.3 Å². The number of unbranched alkanes of at least 4 members (excludes halogenated alkanes) is 1. The summed E-state index contributed by atoms with van der Waals surface area (Å²) in [6.45, 7) is 16.2. The molecule has 1 heterocycles. The fourth-order valence-corrected chi connectivity index (χ4v) is 4.43. The summed E-state index contributed by atoms with van der Waals surface area (Å²) in [4.78, 5) is 12.3. The molecular formula is C30H49N3O5S. The van der Waals surface area contributed by atoms with Gasteiger partial charge in [-0.1, -0.05) is 32.0 Å². The molecule has 0 bridgehead atoms. The number of hydrogen-bond acceptors (Lipinski definition) is 8. The molecule has 9 heteroatoms. The van der Waals surface area contributed by atoms with Gasteiger partial charge >= 0.3 is 0 Å². The molecule has 39 heavy (non-hydrogen) atoms. The molecule has 1 amide bonds. The summed E-state index contributed by atoms with van der Waals surface area (Å²) in [6, 6.07) is 7.69. The topological polar surface area (TPSA) is 95.7 Å². The van der Waals surface area contributed by atoms with Crippen LogP contribution in [0.2, 0.25) is 0 Å². The Morgan fingerprint density at radius 2 is 1.77 bits per heavy atom. The Labute approximate surface area is 239 Å². The number of amides is 1. The summed E-state index contributed by atoms with van der Waals surface area (Å²) in [6.07, 6.45) is 6.16. The molecule has 8 nitrogen and oxygen atoms in total. The van der Waals surface area contributed by atoms with Gasteiger partial charge in [0.25, 0.3) is 5.22 Å². The highest BCUT2D eigenvalue weighted by Gasteiger charge is 2.24. The highest BCUT2D eigenvalue weighted by atomic mass is 32.2. The molecule has 0 fully saturated rings. The molecule has 2 aromatic rings. The Kier molecular flexibility index (Phi) is 14.3. The molecule has 0 radical (unpaired) electrons. The number of rotatable bonds is 20. The molecule has 220 valence electrons. The van der Waals surface area contributed by atoms with Crippen LogP contribution in [0.4, 0.5) is 0 Å². The van der Waals surface area contributed by atoms with E-state index < -0.39 is 0 Å². The van der Waals surface area contributed by atoms with Crippen LogP contribution < -0.4 is 10.1 Å². The van der Waals surface area contributed by atoms with E-state index in [1.54, 1.807) is 11.8 Å². The number of nitrogens with zero attached hydrogens (tertiary/aromatic N) is 2. The van der Waals surface area contributed by atoms with Crippen LogP contribution in [0.15, 0.2) is 33.9 Å². The van der Waals surface area contributed by atoms with Crippen molar-refractivity contribution in [1.29, 1.82) is 0 Å². The van der Waals surface area contributed by atoms with Crippen LogP contribution in [0, 0.1) is 0 Å². The van der Waals surface area contributed by atoms with Gasteiger partial charge in [0, 0.05) is 42.9 Å². The zero-order valence-electron chi connectivity index (χ0n) is 25.0. The first-order valence-electron chi connectivity index (χ1n) is 14.3. The molecule has 1 unspecified atom stereocenters. The lowest BCUT2D eigenvalue weighted by atomic mass is 10.00. The molecule has 0 spiro atoms. The van der Waals surface area contributed by atoms with Crippen molar-refractivity contribution in [3.63, 3.8) is 0 Å². The number of carbonyl (C=O) groups is 1. The van der Waals surface area contributed by atoms with Crippen molar-refractivity contribution in [3.8, 4) is 17.2 Å². The molecule has 2 rings (SSSR count). The van der Waals surface area contributed by atoms with Crippen LogP contribution in [-0.2, 0) is 14.3 Å². The Balaban J connectivity index is 1.67. The van der Waals surface area contributed by atoms with Gasteiger partial charge in [-0.25, -0.2) is 0 Å². The standard InChI is InChI=1S/C30H49N3O5S/c1-8-10-22-39-28-33-32-27(38-28)24-13-15-25(16-14-24)36-20-18-30(6,7)37-21-17-29(4,5)31-26(34)12-11-19-35-23(3)9-2/h13-16,23H,8-12,17-22H2,1-7H3,(H,31,34). The van der Waals surface area contributed by atoms with E-state index in [9.17, 15) is 4.79 Å². The first kappa shape index (κ1) is 33.1. The largest absolute Gasteiger partial charge is 0.493 e. The van der Waals surface area contributed by atoms with E-state index in [0.717, 1.165) is 55.6 Å². The summed E-state index contributed by atoms with van der Waals surface area (Å²) >= 11 is 1.59. The van der Waals surface area contributed by atoms with E-state index >= 15 is 0 Å². The average molecular weight is 564 g/mol.